The van der Waals surface area contributed by atoms with Gasteiger partial charge in [0.05, 0.1) is 24.4 Å². The van der Waals surface area contributed by atoms with Crippen LogP contribution in [0.15, 0.2) is 54.6 Å². The molecule has 1 aliphatic carbocycles. The second-order valence-corrected chi connectivity index (χ2v) is 9.01. The Labute approximate surface area is 207 Å². The average Bonchev–Trinajstić information content (AvgIpc) is 2.82. The number of carbonyl (C=O) groups excluding carboxylic acids is 2. The molecule has 1 N–H and O–H groups in total. The van der Waals surface area contributed by atoms with Gasteiger partial charge in [-0.1, -0.05) is 57.0 Å². The van der Waals surface area contributed by atoms with Gasteiger partial charge in [-0.15, -0.1) is 0 Å². The Balaban J connectivity index is 1.61. The summed E-state index contributed by atoms with van der Waals surface area (Å²) < 4.78 is 11.1. The van der Waals surface area contributed by atoms with Gasteiger partial charge in [0.2, 0.25) is 5.91 Å². The van der Waals surface area contributed by atoms with Crippen molar-refractivity contribution in [2.24, 2.45) is 17.8 Å². The highest BCUT2D eigenvalue weighted by Gasteiger charge is 2.54. The number of nitrogens with zero attached hydrogens (tertiary/aromatic N) is 1. The first-order chi connectivity index (χ1) is 16.9. The number of carbonyl (C=O) groups is 3. The predicted octanol–water partition coefficient (Wildman–Crippen LogP) is 5.29. The SMILES string of the molecule is CCCCCOC(=O)C1CC(C(=O)N(CCC)Cc2ccc(Oc3ccccc3)cc2)C1C(=O)O. The fraction of sp³-hybridized carbons (Fsp3) is 0.464. The molecule has 0 bridgehead atoms. The molecule has 2 aromatic carbocycles. The van der Waals surface area contributed by atoms with E-state index in [0.29, 0.717) is 25.4 Å². The topological polar surface area (TPSA) is 93.1 Å². The fourth-order valence-electron chi connectivity index (χ4n) is 4.40. The van der Waals surface area contributed by atoms with Crippen molar-refractivity contribution in [2.45, 2.75) is 52.5 Å². The lowest BCUT2D eigenvalue weighted by Crippen LogP contribution is -2.53. The van der Waals surface area contributed by atoms with E-state index in [4.69, 9.17) is 9.47 Å². The molecule has 0 aliphatic heterocycles. The van der Waals surface area contributed by atoms with E-state index in [1.807, 2.05) is 61.5 Å². The number of hydrogen-bond donors (Lipinski definition) is 1. The summed E-state index contributed by atoms with van der Waals surface area (Å²) in [6, 6.07) is 17.0. The van der Waals surface area contributed by atoms with Gasteiger partial charge in [-0.2, -0.15) is 0 Å². The van der Waals surface area contributed by atoms with Gasteiger partial charge in [0.1, 0.15) is 11.5 Å². The molecule has 1 fully saturated rings. The van der Waals surface area contributed by atoms with Gasteiger partial charge < -0.3 is 19.5 Å². The number of unbranched alkanes of at least 4 members (excludes halogenated alkanes) is 2. The maximum absolute atomic E-state index is 13.3. The summed E-state index contributed by atoms with van der Waals surface area (Å²) in [7, 11) is 0. The second kappa shape index (κ2) is 12.9. The molecule has 1 saturated carbocycles. The minimum atomic E-state index is -1.12. The Morgan fingerprint density at radius 3 is 2.23 bits per heavy atom. The highest BCUT2D eigenvalue weighted by Crippen LogP contribution is 2.43. The van der Waals surface area contributed by atoms with Crippen LogP contribution >= 0.6 is 0 Å². The number of aliphatic carboxylic acids is 1. The molecular formula is C28H35NO6. The Bertz CT molecular complexity index is 975. The molecule has 35 heavy (non-hydrogen) atoms. The van der Waals surface area contributed by atoms with Crippen LogP contribution in [0.5, 0.6) is 11.5 Å². The molecule has 1 amide bonds. The maximum Gasteiger partial charge on any atom is 0.309 e. The Hall–Kier alpha value is -3.35. The van der Waals surface area contributed by atoms with E-state index in [-0.39, 0.29) is 12.3 Å². The first kappa shape index (κ1) is 26.3. The van der Waals surface area contributed by atoms with Crippen molar-refractivity contribution < 1.29 is 29.0 Å². The molecule has 0 saturated heterocycles. The van der Waals surface area contributed by atoms with E-state index in [2.05, 4.69) is 6.92 Å². The largest absolute Gasteiger partial charge is 0.481 e. The van der Waals surface area contributed by atoms with Crippen LogP contribution < -0.4 is 4.74 Å². The van der Waals surface area contributed by atoms with Crippen LogP contribution in [0.4, 0.5) is 0 Å². The van der Waals surface area contributed by atoms with Crippen molar-refractivity contribution in [1.82, 2.24) is 4.90 Å². The first-order valence-corrected chi connectivity index (χ1v) is 12.4. The van der Waals surface area contributed by atoms with Crippen molar-refractivity contribution in [3.8, 4) is 11.5 Å². The van der Waals surface area contributed by atoms with Crippen molar-refractivity contribution in [1.29, 1.82) is 0 Å². The molecule has 3 atom stereocenters. The molecule has 7 nitrogen and oxygen atoms in total. The number of rotatable bonds is 13. The van der Waals surface area contributed by atoms with Gasteiger partial charge in [-0.25, -0.2) is 0 Å². The second-order valence-electron chi connectivity index (χ2n) is 9.01. The minimum absolute atomic E-state index is 0.215. The van der Waals surface area contributed by atoms with E-state index >= 15 is 0 Å². The van der Waals surface area contributed by atoms with Crippen LogP contribution in [-0.2, 0) is 25.7 Å². The summed E-state index contributed by atoms with van der Waals surface area (Å²) in [6.07, 6.45) is 3.67. The van der Waals surface area contributed by atoms with Crippen molar-refractivity contribution in [3.05, 3.63) is 60.2 Å². The summed E-state index contributed by atoms with van der Waals surface area (Å²) in [4.78, 5) is 39.3. The van der Waals surface area contributed by atoms with Gasteiger partial charge in [0.15, 0.2) is 0 Å². The summed E-state index contributed by atoms with van der Waals surface area (Å²) in [5, 5.41) is 9.74. The van der Waals surface area contributed by atoms with E-state index in [1.54, 1.807) is 4.90 Å². The van der Waals surface area contributed by atoms with E-state index in [1.165, 1.54) is 0 Å². The number of para-hydroxylation sites is 1. The van der Waals surface area contributed by atoms with E-state index < -0.39 is 29.7 Å². The molecule has 0 heterocycles. The van der Waals surface area contributed by atoms with Crippen molar-refractivity contribution in [2.75, 3.05) is 13.2 Å². The molecule has 3 unspecified atom stereocenters. The highest BCUT2D eigenvalue weighted by atomic mass is 16.5. The molecule has 0 aromatic heterocycles. The molecule has 0 spiro atoms. The summed E-state index contributed by atoms with van der Waals surface area (Å²) >= 11 is 0. The van der Waals surface area contributed by atoms with Gasteiger partial charge in [-0.05, 0) is 49.1 Å². The van der Waals surface area contributed by atoms with Crippen LogP contribution in [0.3, 0.4) is 0 Å². The molecule has 1 aliphatic rings. The molecular weight excluding hydrogens is 446 g/mol. The number of hydrogen-bond acceptors (Lipinski definition) is 5. The number of amides is 1. The van der Waals surface area contributed by atoms with Crippen LogP contribution in [0, 0.1) is 17.8 Å². The zero-order valence-electron chi connectivity index (χ0n) is 20.5. The third-order valence-corrected chi connectivity index (χ3v) is 6.35. The number of carboxylic acids is 1. The van der Waals surface area contributed by atoms with Crippen molar-refractivity contribution in [3.63, 3.8) is 0 Å². The zero-order valence-corrected chi connectivity index (χ0v) is 20.5. The summed E-state index contributed by atoms with van der Waals surface area (Å²) in [6.45, 7) is 5.20. The van der Waals surface area contributed by atoms with Gasteiger partial charge in [0, 0.05) is 13.1 Å². The number of carboxylic acid groups (broad SMARTS) is 1. The number of esters is 1. The minimum Gasteiger partial charge on any atom is -0.481 e. The summed E-state index contributed by atoms with van der Waals surface area (Å²) in [5.74, 6) is -2.93. The van der Waals surface area contributed by atoms with Gasteiger partial charge >= 0.3 is 11.9 Å². The molecule has 188 valence electrons. The van der Waals surface area contributed by atoms with Crippen LogP contribution in [0.2, 0.25) is 0 Å². The molecule has 3 rings (SSSR count). The zero-order chi connectivity index (χ0) is 25.2. The lowest BCUT2D eigenvalue weighted by atomic mass is 9.64. The van der Waals surface area contributed by atoms with Crippen LogP contribution in [-0.4, -0.2) is 41.0 Å². The normalized spacial score (nSPS) is 18.9. The number of benzene rings is 2. The third-order valence-electron chi connectivity index (χ3n) is 6.35. The summed E-state index contributed by atoms with van der Waals surface area (Å²) in [5.41, 5.74) is 0.922. The quantitative estimate of drug-likeness (QED) is 0.309. The standard InChI is InChI=1S/C28H35NO6/c1-3-5-9-17-34-28(33)24-18-23(25(24)27(31)32)26(30)29(16-4-2)19-20-12-14-22(15-13-20)35-21-10-7-6-8-11-21/h6-8,10-15,23-25H,3-5,9,16-19H2,1-2H3,(H,31,32). The lowest BCUT2D eigenvalue weighted by molar-refractivity contribution is -0.175. The Kier molecular flexibility index (Phi) is 9.70. The lowest BCUT2D eigenvalue weighted by Gasteiger charge is -2.41. The Morgan fingerprint density at radius 1 is 0.914 bits per heavy atom. The first-order valence-electron chi connectivity index (χ1n) is 12.4. The molecule has 2 aromatic rings. The van der Waals surface area contributed by atoms with Crippen LogP contribution in [0.25, 0.3) is 0 Å². The van der Waals surface area contributed by atoms with Gasteiger partial charge in [0.25, 0.3) is 0 Å². The molecule has 7 heteroatoms. The van der Waals surface area contributed by atoms with E-state index in [9.17, 15) is 19.5 Å². The highest BCUT2D eigenvalue weighted by molar-refractivity contribution is 5.92. The maximum atomic E-state index is 13.3. The smallest absolute Gasteiger partial charge is 0.309 e. The van der Waals surface area contributed by atoms with E-state index in [0.717, 1.165) is 37.0 Å². The van der Waals surface area contributed by atoms with Gasteiger partial charge in [-0.3, -0.25) is 14.4 Å². The Morgan fingerprint density at radius 2 is 1.60 bits per heavy atom. The monoisotopic (exact) mass is 481 g/mol. The van der Waals surface area contributed by atoms with Crippen LogP contribution in [0.1, 0.15) is 51.5 Å². The fourth-order valence-corrected chi connectivity index (χ4v) is 4.40. The predicted molar refractivity (Wildman–Crippen MR) is 132 cm³/mol. The van der Waals surface area contributed by atoms with Crippen molar-refractivity contribution >= 4 is 17.8 Å². The third kappa shape index (κ3) is 7.07. The molecule has 0 radical (unpaired) electrons. The average molecular weight is 482 g/mol. The number of ether oxygens (including phenoxy) is 2.